The molecule has 0 aromatic carbocycles. The summed E-state index contributed by atoms with van der Waals surface area (Å²) < 4.78 is 0. The van der Waals surface area contributed by atoms with Gasteiger partial charge in [0.15, 0.2) is 0 Å². The second-order valence-electron chi connectivity index (χ2n) is 4.40. The monoisotopic (exact) mass is 211 g/mol. The van der Waals surface area contributed by atoms with E-state index in [1.807, 2.05) is 6.92 Å². The van der Waals surface area contributed by atoms with Crippen molar-refractivity contribution in [2.75, 3.05) is 32.7 Å². The van der Waals surface area contributed by atoms with Crippen LogP contribution in [0.2, 0.25) is 0 Å². The zero-order valence-electron chi connectivity index (χ0n) is 9.69. The molecule has 1 rings (SSSR count). The molecular weight excluding hydrogens is 190 g/mol. The number of piperazine rings is 1. The van der Waals surface area contributed by atoms with Gasteiger partial charge in [0, 0.05) is 45.2 Å². The lowest BCUT2D eigenvalue weighted by Gasteiger charge is -2.40. The number of aliphatic hydroxyl groups excluding tert-OH is 1. The molecule has 1 aliphatic rings. The Morgan fingerprint density at radius 1 is 1.53 bits per heavy atom. The molecule has 1 aliphatic heterocycles. The molecule has 0 unspecified atom stereocenters. The first-order chi connectivity index (χ1) is 7.13. The van der Waals surface area contributed by atoms with Crippen LogP contribution in [0.15, 0.2) is 0 Å². The lowest BCUT2D eigenvalue weighted by molar-refractivity contribution is 0.0460. The summed E-state index contributed by atoms with van der Waals surface area (Å²) >= 11 is 0. The quantitative estimate of drug-likeness (QED) is 0.726. The molecule has 0 aromatic heterocycles. The third-order valence-electron chi connectivity index (χ3n) is 2.89. The molecule has 4 nitrogen and oxygen atoms in total. The average Bonchev–Trinajstić information content (AvgIpc) is 2.18. The van der Waals surface area contributed by atoms with Crippen molar-refractivity contribution in [3.05, 3.63) is 0 Å². The molecule has 0 spiro atoms. The van der Waals surface area contributed by atoms with Gasteiger partial charge in [0.1, 0.15) is 0 Å². The summed E-state index contributed by atoms with van der Waals surface area (Å²) in [5.41, 5.74) is 0. The predicted molar refractivity (Wildman–Crippen MR) is 59.4 cm³/mol. The SMILES string of the molecule is C[C@H](O)CN1CCN(CCC#N)C[C@H]1C. The number of nitriles is 1. The van der Waals surface area contributed by atoms with Crippen LogP contribution in [-0.4, -0.2) is 59.8 Å². The second-order valence-corrected chi connectivity index (χ2v) is 4.40. The summed E-state index contributed by atoms with van der Waals surface area (Å²) in [5, 5.41) is 17.8. The number of hydrogen-bond acceptors (Lipinski definition) is 4. The Morgan fingerprint density at radius 2 is 2.27 bits per heavy atom. The standard InChI is InChI=1S/C11H21N3O/c1-10-8-13(5-3-4-12)6-7-14(10)9-11(2)15/h10-11,15H,3,5-9H2,1-2H3/t10-,11+/m1/s1. The second kappa shape index (κ2) is 6.06. The first-order valence-corrected chi connectivity index (χ1v) is 5.65. The molecule has 1 saturated heterocycles. The van der Waals surface area contributed by atoms with Gasteiger partial charge in [0.05, 0.1) is 12.2 Å². The minimum absolute atomic E-state index is 0.252. The summed E-state index contributed by atoms with van der Waals surface area (Å²) in [6.45, 7) is 8.66. The lowest BCUT2D eigenvalue weighted by atomic mass is 10.1. The van der Waals surface area contributed by atoms with Crippen molar-refractivity contribution in [2.24, 2.45) is 0 Å². The Labute approximate surface area is 92.1 Å². The van der Waals surface area contributed by atoms with Crippen LogP contribution in [0, 0.1) is 11.3 Å². The van der Waals surface area contributed by atoms with E-state index >= 15 is 0 Å². The molecule has 2 atom stereocenters. The van der Waals surface area contributed by atoms with Crippen LogP contribution in [0.4, 0.5) is 0 Å². The van der Waals surface area contributed by atoms with E-state index in [1.165, 1.54) is 0 Å². The zero-order valence-corrected chi connectivity index (χ0v) is 9.69. The molecule has 86 valence electrons. The van der Waals surface area contributed by atoms with Gasteiger partial charge in [0.2, 0.25) is 0 Å². The third kappa shape index (κ3) is 4.17. The molecule has 1 N–H and O–H groups in total. The van der Waals surface area contributed by atoms with Gasteiger partial charge < -0.3 is 5.11 Å². The van der Waals surface area contributed by atoms with Gasteiger partial charge >= 0.3 is 0 Å². The minimum Gasteiger partial charge on any atom is -0.392 e. The molecule has 15 heavy (non-hydrogen) atoms. The first-order valence-electron chi connectivity index (χ1n) is 5.65. The largest absolute Gasteiger partial charge is 0.392 e. The fourth-order valence-corrected chi connectivity index (χ4v) is 2.09. The Kier molecular flexibility index (Phi) is 5.03. The number of aliphatic hydroxyl groups is 1. The topological polar surface area (TPSA) is 50.5 Å². The van der Waals surface area contributed by atoms with Crippen LogP contribution in [0.5, 0.6) is 0 Å². The van der Waals surface area contributed by atoms with Gasteiger partial charge in [-0.25, -0.2) is 0 Å². The van der Waals surface area contributed by atoms with E-state index in [1.54, 1.807) is 0 Å². The van der Waals surface area contributed by atoms with Crippen LogP contribution in [-0.2, 0) is 0 Å². The maximum atomic E-state index is 9.33. The first kappa shape index (κ1) is 12.4. The van der Waals surface area contributed by atoms with Gasteiger partial charge in [-0.1, -0.05) is 0 Å². The van der Waals surface area contributed by atoms with Crippen molar-refractivity contribution in [2.45, 2.75) is 32.4 Å². The molecule has 1 fully saturated rings. The van der Waals surface area contributed by atoms with Crippen molar-refractivity contribution >= 4 is 0 Å². The fraction of sp³-hybridized carbons (Fsp3) is 0.909. The highest BCUT2D eigenvalue weighted by atomic mass is 16.3. The Hall–Kier alpha value is -0.630. The van der Waals surface area contributed by atoms with Crippen LogP contribution in [0.25, 0.3) is 0 Å². The van der Waals surface area contributed by atoms with E-state index in [0.717, 1.165) is 32.7 Å². The van der Waals surface area contributed by atoms with Crippen LogP contribution < -0.4 is 0 Å². The van der Waals surface area contributed by atoms with Crippen LogP contribution in [0.1, 0.15) is 20.3 Å². The molecule has 0 saturated carbocycles. The smallest absolute Gasteiger partial charge is 0.0639 e. The Bertz CT molecular complexity index is 224. The molecule has 4 heteroatoms. The van der Waals surface area contributed by atoms with Gasteiger partial charge in [-0.3, -0.25) is 9.80 Å². The van der Waals surface area contributed by atoms with Gasteiger partial charge in [0.25, 0.3) is 0 Å². The van der Waals surface area contributed by atoms with E-state index in [-0.39, 0.29) is 6.10 Å². The number of hydrogen-bond donors (Lipinski definition) is 1. The Morgan fingerprint density at radius 3 is 2.80 bits per heavy atom. The summed E-state index contributed by atoms with van der Waals surface area (Å²) in [6.07, 6.45) is 0.362. The van der Waals surface area contributed by atoms with Gasteiger partial charge in [-0.05, 0) is 13.8 Å². The zero-order chi connectivity index (χ0) is 11.3. The van der Waals surface area contributed by atoms with Crippen molar-refractivity contribution in [3.8, 4) is 6.07 Å². The maximum absolute atomic E-state index is 9.33. The number of β-amino-alcohol motifs (C(OH)–C–C–N with tert-alkyl or cyclic N) is 1. The van der Waals surface area contributed by atoms with E-state index in [9.17, 15) is 5.11 Å². The lowest BCUT2D eigenvalue weighted by Crippen LogP contribution is -2.53. The van der Waals surface area contributed by atoms with E-state index in [0.29, 0.717) is 12.5 Å². The Balaban J connectivity index is 2.31. The third-order valence-corrected chi connectivity index (χ3v) is 2.89. The minimum atomic E-state index is -0.252. The molecule has 0 radical (unpaired) electrons. The predicted octanol–water partition coefficient (Wildman–Crippen LogP) is 0.287. The highest BCUT2D eigenvalue weighted by molar-refractivity contribution is 4.82. The fourth-order valence-electron chi connectivity index (χ4n) is 2.09. The average molecular weight is 211 g/mol. The molecule has 0 aliphatic carbocycles. The highest BCUT2D eigenvalue weighted by Gasteiger charge is 2.23. The van der Waals surface area contributed by atoms with Gasteiger partial charge in [-0.2, -0.15) is 5.26 Å². The molecular formula is C11H21N3O. The van der Waals surface area contributed by atoms with Gasteiger partial charge in [-0.15, -0.1) is 0 Å². The molecule has 0 aromatic rings. The number of nitrogens with zero attached hydrogens (tertiary/aromatic N) is 3. The molecule has 1 heterocycles. The summed E-state index contributed by atoms with van der Waals surface area (Å²) in [4.78, 5) is 4.64. The molecule has 0 bridgehead atoms. The van der Waals surface area contributed by atoms with E-state index in [4.69, 9.17) is 5.26 Å². The van der Waals surface area contributed by atoms with Crippen molar-refractivity contribution in [1.82, 2.24) is 9.80 Å². The number of rotatable bonds is 4. The van der Waals surface area contributed by atoms with Crippen molar-refractivity contribution in [1.29, 1.82) is 5.26 Å². The summed E-state index contributed by atoms with van der Waals surface area (Å²) in [6, 6.07) is 2.66. The summed E-state index contributed by atoms with van der Waals surface area (Å²) in [7, 11) is 0. The normalized spacial score (nSPS) is 26.1. The van der Waals surface area contributed by atoms with E-state index in [2.05, 4.69) is 22.8 Å². The maximum Gasteiger partial charge on any atom is 0.0639 e. The van der Waals surface area contributed by atoms with Crippen molar-refractivity contribution < 1.29 is 5.11 Å². The molecule has 0 amide bonds. The van der Waals surface area contributed by atoms with E-state index < -0.39 is 0 Å². The van der Waals surface area contributed by atoms with Crippen LogP contribution in [0.3, 0.4) is 0 Å². The highest BCUT2D eigenvalue weighted by Crippen LogP contribution is 2.10. The summed E-state index contributed by atoms with van der Waals surface area (Å²) in [5.74, 6) is 0. The van der Waals surface area contributed by atoms with Crippen molar-refractivity contribution in [3.63, 3.8) is 0 Å². The van der Waals surface area contributed by atoms with Crippen LogP contribution >= 0.6 is 0 Å².